The number of aromatic nitrogens is 3. The molecule has 0 saturated carbocycles. The van der Waals surface area contributed by atoms with Crippen LogP contribution in [0.4, 0.5) is 5.69 Å². The summed E-state index contributed by atoms with van der Waals surface area (Å²) in [6, 6.07) is 1.05. The highest BCUT2D eigenvalue weighted by atomic mass is 16.6. The third kappa shape index (κ3) is 2.46. The number of carbonyl (C=O) groups is 1. The van der Waals surface area contributed by atoms with Crippen molar-refractivity contribution >= 4 is 11.7 Å². The van der Waals surface area contributed by atoms with E-state index in [-0.39, 0.29) is 17.9 Å². The molecule has 19 heavy (non-hydrogen) atoms. The molecule has 0 atom stereocenters. The minimum absolute atomic E-state index is 0.115. The van der Waals surface area contributed by atoms with Crippen LogP contribution in [0.5, 0.6) is 0 Å². The number of hydrogen-bond acceptors (Lipinski definition) is 4. The molecule has 0 unspecified atom stereocenters. The highest BCUT2D eigenvalue weighted by molar-refractivity contribution is 5.86. The van der Waals surface area contributed by atoms with Crippen LogP contribution in [0.15, 0.2) is 24.8 Å². The van der Waals surface area contributed by atoms with Crippen molar-refractivity contribution in [1.82, 2.24) is 14.1 Å². The number of imidazole rings is 1. The summed E-state index contributed by atoms with van der Waals surface area (Å²) in [5.41, 5.74) is 0.436. The van der Waals surface area contributed by atoms with Crippen LogP contribution >= 0.6 is 0 Å². The number of nitro groups is 1. The smallest absolute Gasteiger partial charge is 0.352 e. The fraction of sp³-hybridized carbons (Fsp3) is 0.273. The van der Waals surface area contributed by atoms with Gasteiger partial charge in [0.25, 0.3) is 5.69 Å². The summed E-state index contributed by atoms with van der Waals surface area (Å²) in [6.45, 7) is 2.85. The van der Waals surface area contributed by atoms with E-state index < -0.39 is 10.9 Å². The van der Waals surface area contributed by atoms with E-state index >= 15 is 0 Å². The Bertz CT molecular complexity index is 628. The van der Waals surface area contributed by atoms with Crippen LogP contribution < -0.4 is 0 Å². The van der Waals surface area contributed by atoms with E-state index in [4.69, 9.17) is 5.11 Å². The van der Waals surface area contributed by atoms with Crippen molar-refractivity contribution in [1.29, 1.82) is 0 Å². The van der Waals surface area contributed by atoms with E-state index in [2.05, 4.69) is 4.98 Å². The summed E-state index contributed by atoms with van der Waals surface area (Å²) in [4.78, 5) is 25.1. The second kappa shape index (κ2) is 4.92. The Morgan fingerprint density at radius 1 is 1.53 bits per heavy atom. The molecule has 2 rings (SSSR count). The summed E-state index contributed by atoms with van der Waals surface area (Å²) in [6.07, 6.45) is 4.46. The molecule has 0 saturated heterocycles. The first-order valence-electron chi connectivity index (χ1n) is 5.59. The van der Waals surface area contributed by atoms with E-state index in [1.807, 2.05) is 11.5 Å². The minimum Gasteiger partial charge on any atom is -0.477 e. The van der Waals surface area contributed by atoms with Crippen LogP contribution in [0, 0.1) is 10.1 Å². The van der Waals surface area contributed by atoms with Gasteiger partial charge in [0.2, 0.25) is 0 Å². The van der Waals surface area contributed by atoms with E-state index in [9.17, 15) is 14.9 Å². The minimum atomic E-state index is -1.20. The molecule has 0 aliphatic rings. The molecule has 0 aliphatic heterocycles. The maximum atomic E-state index is 11.1. The van der Waals surface area contributed by atoms with Gasteiger partial charge in [-0.3, -0.25) is 10.1 Å². The van der Waals surface area contributed by atoms with E-state index in [1.165, 1.54) is 10.8 Å². The van der Waals surface area contributed by atoms with Crippen molar-refractivity contribution < 1.29 is 14.8 Å². The zero-order valence-electron chi connectivity index (χ0n) is 10.2. The maximum Gasteiger partial charge on any atom is 0.352 e. The van der Waals surface area contributed by atoms with Gasteiger partial charge in [-0.15, -0.1) is 0 Å². The molecule has 8 nitrogen and oxygen atoms in total. The number of nitrogens with zero attached hydrogens (tertiary/aromatic N) is 4. The molecule has 0 bridgehead atoms. The van der Waals surface area contributed by atoms with Crippen LogP contribution in [-0.4, -0.2) is 30.1 Å². The lowest BCUT2D eigenvalue weighted by Crippen LogP contribution is -2.11. The molecule has 2 aromatic rings. The highest BCUT2D eigenvalue weighted by Gasteiger charge is 2.19. The first-order valence-corrected chi connectivity index (χ1v) is 5.59. The third-order valence-electron chi connectivity index (χ3n) is 2.78. The molecule has 0 amide bonds. The number of carboxylic acid groups (broad SMARTS) is 1. The third-order valence-corrected chi connectivity index (χ3v) is 2.78. The molecule has 0 aromatic carbocycles. The van der Waals surface area contributed by atoms with Crippen molar-refractivity contribution in [2.24, 2.45) is 0 Å². The largest absolute Gasteiger partial charge is 0.477 e. The molecular formula is C11H12N4O4. The van der Waals surface area contributed by atoms with E-state index in [0.29, 0.717) is 6.54 Å². The van der Waals surface area contributed by atoms with Crippen molar-refractivity contribution in [3.05, 3.63) is 46.3 Å². The first-order chi connectivity index (χ1) is 9.02. The highest BCUT2D eigenvalue weighted by Crippen LogP contribution is 2.18. The molecule has 2 aromatic heterocycles. The van der Waals surface area contributed by atoms with Crippen LogP contribution in [0.25, 0.3) is 0 Å². The molecule has 2 heterocycles. The average Bonchev–Trinajstić information content (AvgIpc) is 2.95. The predicted octanol–water partition coefficient (Wildman–Crippen LogP) is 1.36. The van der Waals surface area contributed by atoms with Crippen molar-refractivity contribution in [3.8, 4) is 0 Å². The molecule has 0 radical (unpaired) electrons. The Morgan fingerprint density at radius 3 is 2.84 bits per heavy atom. The maximum absolute atomic E-state index is 11.1. The van der Waals surface area contributed by atoms with Crippen LogP contribution in [0.3, 0.4) is 0 Å². The van der Waals surface area contributed by atoms with Gasteiger partial charge in [0.1, 0.15) is 5.69 Å². The molecule has 1 N–H and O–H groups in total. The van der Waals surface area contributed by atoms with Gasteiger partial charge in [-0.2, -0.15) is 0 Å². The molecule has 0 aliphatic carbocycles. The van der Waals surface area contributed by atoms with E-state index in [1.54, 1.807) is 12.5 Å². The summed E-state index contributed by atoms with van der Waals surface area (Å²) in [5, 5.41) is 19.7. The molecule has 0 spiro atoms. The quantitative estimate of drug-likeness (QED) is 0.648. The van der Waals surface area contributed by atoms with Gasteiger partial charge in [0, 0.05) is 18.8 Å². The number of aromatic carboxylic acids is 1. The number of aryl methyl sites for hydroxylation is 1. The Hall–Kier alpha value is -2.64. The van der Waals surface area contributed by atoms with E-state index in [0.717, 1.165) is 11.8 Å². The van der Waals surface area contributed by atoms with Gasteiger partial charge in [-0.25, -0.2) is 9.78 Å². The van der Waals surface area contributed by atoms with Crippen LogP contribution in [0.1, 0.15) is 23.1 Å². The molecule has 100 valence electrons. The standard InChI is InChI=1S/C11H12N4O4/c1-2-13-7-12-4-9(13)6-14-5-8(15(18)19)3-10(14)11(16)17/h3-5,7H,2,6H2,1H3,(H,16,17). The van der Waals surface area contributed by atoms with Gasteiger partial charge in [0.05, 0.1) is 29.7 Å². The van der Waals surface area contributed by atoms with Gasteiger partial charge in [-0.1, -0.05) is 0 Å². The monoisotopic (exact) mass is 264 g/mol. The fourth-order valence-corrected chi connectivity index (χ4v) is 1.84. The second-order valence-electron chi connectivity index (χ2n) is 3.94. The molecule has 0 fully saturated rings. The summed E-state index contributed by atoms with van der Waals surface area (Å²) >= 11 is 0. The lowest BCUT2D eigenvalue weighted by atomic mass is 10.4. The lowest BCUT2D eigenvalue weighted by Gasteiger charge is -2.07. The predicted molar refractivity (Wildman–Crippen MR) is 65.0 cm³/mol. The normalized spacial score (nSPS) is 10.6. The molecule has 8 heteroatoms. The zero-order valence-corrected chi connectivity index (χ0v) is 10.2. The lowest BCUT2D eigenvalue weighted by molar-refractivity contribution is -0.384. The second-order valence-corrected chi connectivity index (χ2v) is 3.94. The average molecular weight is 264 g/mol. The number of rotatable bonds is 5. The van der Waals surface area contributed by atoms with Crippen molar-refractivity contribution in [2.45, 2.75) is 20.0 Å². The number of hydrogen-bond donors (Lipinski definition) is 1. The Balaban J connectivity index is 2.38. The van der Waals surface area contributed by atoms with Gasteiger partial charge >= 0.3 is 5.97 Å². The summed E-state index contributed by atoms with van der Waals surface area (Å²) in [7, 11) is 0. The Labute approximate surface area is 108 Å². The van der Waals surface area contributed by atoms with Crippen LogP contribution in [-0.2, 0) is 13.1 Å². The Morgan fingerprint density at radius 2 is 2.26 bits per heavy atom. The SMILES string of the molecule is CCn1cncc1Cn1cc([N+](=O)[O-])cc1C(=O)O. The van der Waals surface area contributed by atoms with Crippen molar-refractivity contribution in [3.63, 3.8) is 0 Å². The van der Waals surface area contributed by atoms with Crippen LogP contribution in [0.2, 0.25) is 0 Å². The fourth-order valence-electron chi connectivity index (χ4n) is 1.84. The number of carboxylic acids is 1. The van der Waals surface area contributed by atoms with Crippen molar-refractivity contribution in [2.75, 3.05) is 0 Å². The summed E-state index contributed by atoms with van der Waals surface area (Å²) in [5.74, 6) is -1.20. The first kappa shape index (κ1) is 12.8. The Kier molecular flexibility index (Phi) is 3.32. The zero-order chi connectivity index (χ0) is 14.0. The van der Waals surface area contributed by atoms with Gasteiger partial charge < -0.3 is 14.2 Å². The molecular weight excluding hydrogens is 252 g/mol. The van der Waals surface area contributed by atoms with Gasteiger partial charge in [0.15, 0.2) is 0 Å². The topological polar surface area (TPSA) is 103 Å². The van der Waals surface area contributed by atoms with Gasteiger partial charge in [-0.05, 0) is 6.92 Å². The summed E-state index contributed by atoms with van der Waals surface area (Å²) < 4.78 is 3.18.